The van der Waals surface area contributed by atoms with Crippen molar-refractivity contribution in [1.82, 2.24) is 5.32 Å². The average molecular weight is 338 g/mol. The molecule has 110 valence electrons. The summed E-state index contributed by atoms with van der Waals surface area (Å²) in [5.41, 5.74) is 0. The average Bonchev–Trinajstić information content (AvgIpc) is 2.45. The molecule has 0 spiro atoms. The van der Waals surface area contributed by atoms with Crippen molar-refractivity contribution < 1.29 is 23.8 Å². The lowest BCUT2D eigenvalue weighted by molar-refractivity contribution is -0.185. The van der Waals surface area contributed by atoms with Gasteiger partial charge in [-0.1, -0.05) is 15.9 Å². The molecule has 1 N–H and O–H groups in total. The molecule has 0 radical (unpaired) electrons. The van der Waals surface area contributed by atoms with Crippen LogP contribution in [-0.2, 0) is 23.8 Å². The molecule has 2 atom stereocenters. The number of methoxy groups -OCH3 is 1. The maximum absolute atomic E-state index is 11.6. The van der Waals surface area contributed by atoms with Gasteiger partial charge in [-0.15, -0.1) is 0 Å². The molecule has 1 amide bonds. The van der Waals surface area contributed by atoms with Gasteiger partial charge in [0.05, 0.1) is 19.6 Å². The number of carbonyl (C=O) groups excluding carboxylic acids is 2. The summed E-state index contributed by atoms with van der Waals surface area (Å²) in [5, 5.41) is 3.02. The molecule has 0 bridgehead atoms. The highest BCUT2D eigenvalue weighted by atomic mass is 79.9. The van der Waals surface area contributed by atoms with Gasteiger partial charge in [0.15, 0.2) is 6.29 Å². The van der Waals surface area contributed by atoms with Crippen LogP contribution in [0.4, 0.5) is 0 Å². The fraction of sp³-hybridized carbons (Fsp3) is 0.833. The molecule has 0 aromatic rings. The molecule has 1 heterocycles. The summed E-state index contributed by atoms with van der Waals surface area (Å²) in [4.78, 5) is 22.5. The molecule has 0 aliphatic carbocycles. The van der Waals surface area contributed by atoms with Crippen molar-refractivity contribution in [2.24, 2.45) is 0 Å². The topological polar surface area (TPSA) is 73.9 Å². The highest BCUT2D eigenvalue weighted by Crippen LogP contribution is 2.17. The fourth-order valence-electron chi connectivity index (χ4n) is 1.69. The van der Waals surface area contributed by atoms with Gasteiger partial charge in [-0.25, -0.2) is 0 Å². The molecular weight excluding hydrogens is 318 g/mol. The van der Waals surface area contributed by atoms with Gasteiger partial charge in [-0.05, 0) is 19.3 Å². The summed E-state index contributed by atoms with van der Waals surface area (Å²) < 4.78 is 15.6. The number of alkyl halides is 1. The second kappa shape index (κ2) is 9.28. The van der Waals surface area contributed by atoms with Gasteiger partial charge < -0.3 is 19.5 Å². The van der Waals surface area contributed by atoms with E-state index >= 15 is 0 Å². The van der Waals surface area contributed by atoms with Crippen LogP contribution in [0.2, 0.25) is 0 Å². The summed E-state index contributed by atoms with van der Waals surface area (Å²) in [7, 11) is 1.28. The van der Waals surface area contributed by atoms with Crippen LogP contribution in [-0.4, -0.2) is 49.9 Å². The van der Waals surface area contributed by atoms with Crippen molar-refractivity contribution in [1.29, 1.82) is 0 Å². The van der Waals surface area contributed by atoms with Crippen LogP contribution in [0.1, 0.15) is 25.7 Å². The van der Waals surface area contributed by atoms with E-state index < -0.39 is 5.97 Å². The van der Waals surface area contributed by atoms with Crippen LogP contribution in [0.5, 0.6) is 0 Å². The van der Waals surface area contributed by atoms with Crippen LogP contribution in [0.3, 0.4) is 0 Å². The molecule has 1 saturated heterocycles. The number of rotatable bonds is 7. The Morgan fingerprint density at radius 2 is 2.26 bits per heavy atom. The third-order valence-corrected chi connectivity index (χ3v) is 3.45. The van der Waals surface area contributed by atoms with Crippen LogP contribution in [0.15, 0.2) is 0 Å². The van der Waals surface area contributed by atoms with Gasteiger partial charge >= 0.3 is 5.97 Å². The normalized spacial score (nSPS) is 20.6. The molecule has 0 aromatic carbocycles. The van der Waals surface area contributed by atoms with E-state index in [0.717, 1.165) is 19.3 Å². The second-order valence-corrected chi connectivity index (χ2v) is 4.91. The van der Waals surface area contributed by atoms with E-state index in [1.165, 1.54) is 7.11 Å². The van der Waals surface area contributed by atoms with Gasteiger partial charge in [0, 0.05) is 11.9 Å². The molecule has 1 aliphatic rings. The van der Waals surface area contributed by atoms with Crippen molar-refractivity contribution in [2.45, 2.75) is 38.1 Å². The lowest BCUT2D eigenvalue weighted by Gasteiger charge is -2.26. The lowest BCUT2D eigenvalue weighted by Crippen LogP contribution is -2.36. The molecule has 0 saturated carbocycles. The quantitative estimate of drug-likeness (QED) is 0.553. The third-order valence-electron chi connectivity index (χ3n) is 2.72. The minimum atomic E-state index is -0.472. The zero-order valence-corrected chi connectivity index (χ0v) is 12.6. The number of hydrogen-bond acceptors (Lipinski definition) is 5. The number of ether oxygens (including phenoxy) is 3. The number of nitrogens with one attached hydrogen (secondary N) is 1. The van der Waals surface area contributed by atoms with Crippen LogP contribution >= 0.6 is 15.9 Å². The summed E-state index contributed by atoms with van der Waals surface area (Å²) in [6.07, 6.45) is 2.67. The minimum Gasteiger partial charge on any atom is -0.468 e. The Bertz CT molecular complexity index is 294. The van der Waals surface area contributed by atoms with Crippen LogP contribution in [0.25, 0.3) is 0 Å². The molecule has 19 heavy (non-hydrogen) atoms. The van der Waals surface area contributed by atoms with Crippen molar-refractivity contribution in [3.8, 4) is 0 Å². The summed E-state index contributed by atoms with van der Waals surface area (Å²) in [5.74, 6) is -0.717. The molecule has 6 nitrogen and oxygen atoms in total. The lowest BCUT2D eigenvalue weighted by atomic mass is 10.2. The Kier molecular flexibility index (Phi) is 8.00. The molecular formula is C12H20BrNO5. The fourth-order valence-corrected chi connectivity index (χ4v) is 2.08. The Hall–Kier alpha value is -0.660. The molecule has 0 aromatic heterocycles. The van der Waals surface area contributed by atoms with E-state index in [0.29, 0.717) is 11.9 Å². The van der Waals surface area contributed by atoms with Crippen molar-refractivity contribution in [2.75, 3.05) is 25.6 Å². The summed E-state index contributed by atoms with van der Waals surface area (Å²) >= 11 is 3.31. The number of amides is 1. The first kappa shape index (κ1) is 16.4. The van der Waals surface area contributed by atoms with Crippen LogP contribution < -0.4 is 5.32 Å². The molecule has 2 unspecified atom stereocenters. The van der Waals surface area contributed by atoms with E-state index in [1.807, 2.05) is 0 Å². The van der Waals surface area contributed by atoms with E-state index in [9.17, 15) is 9.59 Å². The first-order valence-corrected chi connectivity index (χ1v) is 7.44. The standard InChI is InChI=1S/C12H20BrNO5/c1-17-11(16)8-14-10(15)6-9(7-13)19-12-4-2-3-5-18-12/h9,12H,2-8H2,1H3,(H,14,15). The largest absolute Gasteiger partial charge is 0.468 e. The predicted octanol–water partition coefficient (Wildman–Crippen LogP) is 0.972. The van der Waals surface area contributed by atoms with E-state index in [2.05, 4.69) is 26.0 Å². The van der Waals surface area contributed by atoms with Gasteiger partial charge in [-0.2, -0.15) is 0 Å². The van der Waals surface area contributed by atoms with Gasteiger partial charge in [0.25, 0.3) is 0 Å². The van der Waals surface area contributed by atoms with Crippen molar-refractivity contribution in [3.05, 3.63) is 0 Å². The Balaban J connectivity index is 2.26. The zero-order chi connectivity index (χ0) is 14.1. The van der Waals surface area contributed by atoms with Crippen LogP contribution in [0, 0.1) is 0 Å². The third kappa shape index (κ3) is 6.89. The molecule has 1 fully saturated rings. The van der Waals surface area contributed by atoms with Crippen molar-refractivity contribution in [3.63, 3.8) is 0 Å². The Morgan fingerprint density at radius 3 is 2.84 bits per heavy atom. The molecule has 7 heteroatoms. The van der Waals surface area contributed by atoms with Crippen molar-refractivity contribution >= 4 is 27.8 Å². The smallest absolute Gasteiger partial charge is 0.325 e. The Morgan fingerprint density at radius 1 is 1.47 bits per heavy atom. The summed E-state index contributed by atoms with van der Waals surface area (Å²) in [6.45, 7) is 0.582. The highest BCUT2D eigenvalue weighted by molar-refractivity contribution is 9.09. The maximum atomic E-state index is 11.6. The predicted molar refractivity (Wildman–Crippen MR) is 71.9 cm³/mol. The first-order chi connectivity index (χ1) is 9.15. The molecule has 1 aliphatic heterocycles. The summed E-state index contributed by atoms with van der Waals surface area (Å²) in [6, 6.07) is 0. The van der Waals surface area contributed by atoms with Gasteiger partial charge in [0.1, 0.15) is 6.54 Å². The molecule has 1 rings (SSSR count). The highest BCUT2D eigenvalue weighted by Gasteiger charge is 2.21. The van der Waals surface area contributed by atoms with E-state index in [4.69, 9.17) is 9.47 Å². The number of hydrogen-bond donors (Lipinski definition) is 1. The number of halogens is 1. The number of carbonyl (C=O) groups is 2. The first-order valence-electron chi connectivity index (χ1n) is 6.32. The maximum Gasteiger partial charge on any atom is 0.325 e. The minimum absolute atomic E-state index is 0.121. The monoisotopic (exact) mass is 337 g/mol. The van der Waals surface area contributed by atoms with Gasteiger partial charge in [-0.3, -0.25) is 9.59 Å². The Labute approximate surface area is 121 Å². The SMILES string of the molecule is COC(=O)CNC(=O)CC(CBr)OC1CCCCO1. The van der Waals surface area contributed by atoms with Gasteiger partial charge in [0.2, 0.25) is 5.91 Å². The second-order valence-electron chi connectivity index (χ2n) is 4.27. The van der Waals surface area contributed by atoms with E-state index in [1.54, 1.807) is 0 Å². The number of esters is 1. The zero-order valence-electron chi connectivity index (χ0n) is 11.0. The van der Waals surface area contributed by atoms with E-state index in [-0.39, 0.29) is 31.3 Å².